The minimum Gasteiger partial charge on any atom is -0.338 e. The van der Waals surface area contributed by atoms with Gasteiger partial charge >= 0.3 is 0 Å². The number of nitrogens with zero attached hydrogens (tertiary/aromatic N) is 2. The highest BCUT2D eigenvalue weighted by atomic mass is 79.9. The molecule has 2 rings (SSSR count). The van der Waals surface area contributed by atoms with Gasteiger partial charge in [0.15, 0.2) is 0 Å². The van der Waals surface area contributed by atoms with Gasteiger partial charge in [-0.3, -0.25) is 0 Å². The molecule has 1 aromatic heterocycles. The standard InChI is InChI=1S/C14H18BrN3/c1-10-4-5-11(12(15)8-10)13(16-2)9-14-17-6-7-18(14)3/h4-8,13,16H,9H2,1-3H3. The molecule has 0 bridgehead atoms. The van der Waals surface area contributed by atoms with Crippen LogP contribution in [0.25, 0.3) is 0 Å². The lowest BCUT2D eigenvalue weighted by atomic mass is 10.0. The Morgan fingerprint density at radius 3 is 2.78 bits per heavy atom. The van der Waals surface area contributed by atoms with Gasteiger partial charge in [-0.25, -0.2) is 4.98 Å². The summed E-state index contributed by atoms with van der Waals surface area (Å²) < 4.78 is 3.21. The fourth-order valence-corrected chi connectivity index (χ4v) is 2.83. The van der Waals surface area contributed by atoms with Gasteiger partial charge in [-0.1, -0.05) is 28.1 Å². The molecule has 4 heteroatoms. The smallest absolute Gasteiger partial charge is 0.110 e. The molecule has 18 heavy (non-hydrogen) atoms. The number of hydrogen-bond donors (Lipinski definition) is 1. The third kappa shape index (κ3) is 2.82. The number of imidazole rings is 1. The van der Waals surface area contributed by atoms with Crippen LogP contribution in [0.2, 0.25) is 0 Å². The predicted molar refractivity (Wildman–Crippen MR) is 77.6 cm³/mol. The van der Waals surface area contributed by atoms with Crippen LogP contribution in [0.4, 0.5) is 0 Å². The molecule has 1 unspecified atom stereocenters. The average molecular weight is 308 g/mol. The molecule has 1 heterocycles. The number of aromatic nitrogens is 2. The molecule has 0 saturated heterocycles. The normalized spacial score (nSPS) is 12.7. The Labute approximate surface area is 116 Å². The van der Waals surface area contributed by atoms with Gasteiger partial charge in [0.25, 0.3) is 0 Å². The number of halogens is 1. The zero-order chi connectivity index (χ0) is 13.1. The lowest BCUT2D eigenvalue weighted by Gasteiger charge is -2.18. The van der Waals surface area contributed by atoms with Gasteiger partial charge in [0.05, 0.1) is 0 Å². The molecule has 3 nitrogen and oxygen atoms in total. The van der Waals surface area contributed by atoms with Crippen molar-refractivity contribution in [3.05, 3.63) is 52.0 Å². The first kappa shape index (κ1) is 13.3. The Hall–Kier alpha value is -1.13. The van der Waals surface area contributed by atoms with Crippen LogP contribution in [0.1, 0.15) is 23.0 Å². The number of hydrogen-bond acceptors (Lipinski definition) is 2. The fourth-order valence-electron chi connectivity index (χ4n) is 2.06. The zero-order valence-corrected chi connectivity index (χ0v) is 12.5. The van der Waals surface area contributed by atoms with Crippen molar-refractivity contribution < 1.29 is 0 Å². The lowest BCUT2D eigenvalue weighted by molar-refractivity contribution is 0.561. The van der Waals surface area contributed by atoms with Gasteiger partial charge in [-0.2, -0.15) is 0 Å². The summed E-state index contributed by atoms with van der Waals surface area (Å²) in [5.74, 6) is 1.09. The van der Waals surface area contributed by atoms with E-state index < -0.39 is 0 Å². The van der Waals surface area contributed by atoms with Gasteiger partial charge in [-0.05, 0) is 31.2 Å². The van der Waals surface area contributed by atoms with Gasteiger partial charge < -0.3 is 9.88 Å². The molecule has 0 aliphatic heterocycles. The van der Waals surface area contributed by atoms with E-state index in [4.69, 9.17) is 0 Å². The molecule has 0 amide bonds. The number of rotatable bonds is 4. The summed E-state index contributed by atoms with van der Waals surface area (Å²) in [7, 11) is 4.01. The molecule has 96 valence electrons. The van der Waals surface area contributed by atoms with Crippen LogP contribution in [-0.4, -0.2) is 16.6 Å². The molecule has 0 aliphatic rings. The second-order valence-corrected chi connectivity index (χ2v) is 5.38. The van der Waals surface area contributed by atoms with Crippen molar-refractivity contribution in [3.63, 3.8) is 0 Å². The van der Waals surface area contributed by atoms with Crippen molar-refractivity contribution in [1.29, 1.82) is 0 Å². The molecule has 0 radical (unpaired) electrons. The lowest BCUT2D eigenvalue weighted by Crippen LogP contribution is -2.21. The van der Waals surface area contributed by atoms with Crippen molar-refractivity contribution >= 4 is 15.9 Å². The predicted octanol–water partition coefficient (Wildman–Crippen LogP) is 2.99. The maximum absolute atomic E-state index is 4.38. The first-order chi connectivity index (χ1) is 8.61. The second kappa shape index (κ2) is 5.67. The topological polar surface area (TPSA) is 29.9 Å². The second-order valence-electron chi connectivity index (χ2n) is 4.52. The molecule has 1 N–H and O–H groups in total. The van der Waals surface area contributed by atoms with Gasteiger partial charge in [0, 0.05) is 36.4 Å². The average Bonchev–Trinajstić information content (AvgIpc) is 2.73. The molecular weight excluding hydrogens is 290 g/mol. The third-order valence-electron chi connectivity index (χ3n) is 3.19. The Morgan fingerprint density at radius 1 is 1.44 bits per heavy atom. The Bertz CT molecular complexity index is 534. The first-order valence-corrected chi connectivity index (χ1v) is 6.80. The number of likely N-dealkylation sites (N-methyl/N-ethyl adjacent to an activating group) is 1. The molecule has 1 atom stereocenters. The molecule has 0 aliphatic carbocycles. The molecule has 0 spiro atoms. The summed E-state index contributed by atoms with van der Waals surface area (Å²) in [4.78, 5) is 4.38. The van der Waals surface area contributed by atoms with E-state index in [2.05, 4.69) is 55.9 Å². The van der Waals surface area contributed by atoms with Crippen LogP contribution >= 0.6 is 15.9 Å². The van der Waals surface area contributed by atoms with Crippen molar-refractivity contribution in [3.8, 4) is 0 Å². The summed E-state index contributed by atoms with van der Waals surface area (Å²) in [6, 6.07) is 6.73. The molecule has 1 aromatic carbocycles. The van der Waals surface area contributed by atoms with Gasteiger partial charge in [0.2, 0.25) is 0 Å². The van der Waals surface area contributed by atoms with E-state index in [1.165, 1.54) is 11.1 Å². The molecule has 2 aromatic rings. The van der Waals surface area contributed by atoms with Crippen molar-refractivity contribution in [2.45, 2.75) is 19.4 Å². The quantitative estimate of drug-likeness (QED) is 0.941. The minimum atomic E-state index is 0.265. The third-order valence-corrected chi connectivity index (χ3v) is 3.87. The Balaban J connectivity index is 2.26. The van der Waals surface area contributed by atoms with Crippen molar-refractivity contribution in [2.75, 3.05) is 7.05 Å². The van der Waals surface area contributed by atoms with E-state index in [1.54, 1.807) is 0 Å². The maximum Gasteiger partial charge on any atom is 0.110 e. The minimum absolute atomic E-state index is 0.265. The highest BCUT2D eigenvalue weighted by Crippen LogP contribution is 2.26. The largest absolute Gasteiger partial charge is 0.338 e. The van der Waals surface area contributed by atoms with Crippen LogP contribution in [0.15, 0.2) is 35.1 Å². The van der Waals surface area contributed by atoms with Crippen molar-refractivity contribution in [2.24, 2.45) is 7.05 Å². The van der Waals surface area contributed by atoms with Crippen molar-refractivity contribution in [1.82, 2.24) is 14.9 Å². The molecular formula is C14H18BrN3. The summed E-state index contributed by atoms with van der Waals surface area (Å²) in [6.07, 6.45) is 4.69. The van der Waals surface area contributed by atoms with E-state index in [-0.39, 0.29) is 6.04 Å². The van der Waals surface area contributed by atoms with Gasteiger partial charge in [-0.15, -0.1) is 0 Å². The zero-order valence-electron chi connectivity index (χ0n) is 10.9. The van der Waals surface area contributed by atoms with E-state index >= 15 is 0 Å². The van der Waals surface area contributed by atoms with Crippen LogP contribution in [0, 0.1) is 6.92 Å². The summed E-state index contributed by atoms with van der Waals surface area (Å²) in [6.45, 7) is 2.10. The Kier molecular flexibility index (Phi) is 4.19. The number of benzene rings is 1. The van der Waals surface area contributed by atoms with E-state index in [0.717, 1.165) is 16.7 Å². The van der Waals surface area contributed by atoms with E-state index in [1.807, 2.05) is 26.5 Å². The highest BCUT2D eigenvalue weighted by Gasteiger charge is 2.15. The SMILES string of the molecule is CNC(Cc1nccn1C)c1ccc(C)cc1Br. The van der Waals surface area contributed by atoms with Crippen LogP contribution in [-0.2, 0) is 13.5 Å². The molecule has 0 fully saturated rings. The fraction of sp³-hybridized carbons (Fsp3) is 0.357. The monoisotopic (exact) mass is 307 g/mol. The van der Waals surface area contributed by atoms with Crippen LogP contribution in [0.5, 0.6) is 0 Å². The van der Waals surface area contributed by atoms with Crippen LogP contribution in [0.3, 0.4) is 0 Å². The molecule has 0 saturated carbocycles. The van der Waals surface area contributed by atoms with E-state index in [9.17, 15) is 0 Å². The summed E-state index contributed by atoms with van der Waals surface area (Å²) >= 11 is 3.64. The van der Waals surface area contributed by atoms with E-state index in [0.29, 0.717) is 0 Å². The first-order valence-electron chi connectivity index (χ1n) is 6.01. The van der Waals surface area contributed by atoms with Gasteiger partial charge in [0.1, 0.15) is 5.82 Å². The Morgan fingerprint density at radius 2 is 2.22 bits per heavy atom. The number of nitrogens with one attached hydrogen (secondary N) is 1. The number of aryl methyl sites for hydroxylation is 2. The summed E-state index contributed by atoms with van der Waals surface area (Å²) in [5.41, 5.74) is 2.53. The van der Waals surface area contributed by atoms with Crippen LogP contribution < -0.4 is 5.32 Å². The highest BCUT2D eigenvalue weighted by molar-refractivity contribution is 9.10. The summed E-state index contributed by atoms with van der Waals surface area (Å²) in [5, 5.41) is 3.36. The maximum atomic E-state index is 4.38.